The molecule has 4 nitrogen and oxygen atoms in total. The number of nitrogens with one attached hydrogen (secondary N) is 3. The number of likely N-dealkylation sites (tertiary alicyclic amines) is 1. The topological polar surface area (TPSA) is 39.3 Å². The SMILES string of the molecule is C1CCC(C2NC(C3CCCCC3)NC(C3CCCC(N4C5CCCCC5C5CCCCC54)C3)N2)CC1. The molecular formula is C33H58N4. The van der Waals surface area contributed by atoms with Crippen LogP contribution in [0.4, 0.5) is 0 Å². The lowest BCUT2D eigenvalue weighted by molar-refractivity contribution is 0.0190. The second kappa shape index (κ2) is 11.8. The largest absolute Gasteiger partial charge is 0.294 e. The third-order valence-corrected chi connectivity index (χ3v) is 12.8. The summed E-state index contributed by atoms with van der Waals surface area (Å²) in [7, 11) is 0. The Bertz CT molecular complexity index is 682. The molecule has 2 saturated heterocycles. The molecule has 0 radical (unpaired) electrons. The van der Waals surface area contributed by atoms with Crippen molar-refractivity contribution < 1.29 is 0 Å². The lowest BCUT2D eigenvalue weighted by Gasteiger charge is -2.50. The number of hydrogen-bond acceptors (Lipinski definition) is 4. The molecule has 0 amide bonds. The number of rotatable bonds is 4. The van der Waals surface area contributed by atoms with Crippen LogP contribution in [0.5, 0.6) is 0 Å². The van der Waals surface area contributed by atoms with Gasteiger partial charge in [-0.25, -0.2) is 0 Å². The fourth-order valence-electron chi connectivity index (χ4n) is 11.1. The predicted octanol–water partition coefficient (Wildman–Crippen LogP) is 6.90. The molecule has 210 valence electrons. The van der Waals surface area contributed by atoms with Gasteiger partial charge in [0.1, 0.15) is 0 Å². The van der Waals surface area contributed by atoms with Crippen LogP contribution in [-0.4, -0.2) is 41.5 Å². The van der Waals surface area contributed by atoms with E-state index < -0.39 is 0 Å². The Morgan fingerprint density at radius 2 is 0.811 bits per heavy atom. The number of fused-ring (bicyclic) bond motifs is 3. The van der Waals surface area contributed by atoms with E-state index in [9.17, 15) is 0 Å². The number of hydrogen-bond donors (Lipinski definition) is 3. The van der Waals surface area contributed by atoms with E-state index in [0.29, 0.717) is 18.5 Å². The summed E-state index contributed by atoms with van der Waals surface area (Å²) in [6.07, 6.45) is 34.0. The van der Waals surface area contributed by atoms with Crippen molar-refractivity contribution >= 4 is 0 Å². The average molecular weight is 511 g/mol. The average Bonchev–Trinajstić information content (AvgIpc) is 3.32. The molecule has 8 atom stereocenters. The Hall–Kier alpha value is -0.160. The highest BCUT2D eigenvalue weighted by Crippen LogP contribution is 2.51. The minimum Gasteiger partial charge on any atom is -0.294 e. The standard InChI is InChI=1S/C33H58N4/c1-3-12-23(13-4-1)31-34-32(24-14-5-2-6-15-24)36-33(35-31)25-16-11-17-26(22-25)37-29-20-9-7-18-27(29)28-19-8-10-21-30(28)37/h23-36H,1-22H2. The molecule has 4 heteroatoms. The van der Waals surface area contributed by atoms with Gasteiger partial charge in [0.05, 0.1) is 18.5 Å². The zero-order valence-corrected chi connectivity index (χ0v) is 23.9. The van der Waals surface area contributed by atoms with Crippen LogP contribution in [0.15, 0.2) is 0 Å². The van der Waals surface area contributed by atoms with Crippen LogP contribution in [0.1, 0.15) is 141 Å². The lowest BCUT2D eigenvalue weighted by atomic mass is 9.73. The summed E-state index contributed by atoms with van der Waals surface area (Å²) in [4.78, 5) is 3.22. The fourth-order valence-corrected chi connectivity index (χ4v) is 11.1. The van der Waals surface area contributed by atoms with Crippen LogP contribution in [0.3, 0.4) is 0 Å². The van der Waals surface area contributed by atoms with Gasteiger partial charge < -0.3 is 0 Å². The summed E-state index contributed by atoms with van der Waals surface area (Å²) in [5.74, 6) is 4.58. The van der Waals surface area contributed by atoms with Crippen molar-refractivity contribution in [3.63, 3.8) is 0 Å². The molecule has 8 unspecified atom stereocenters. The van der Waals surface area contributed by atoms with Gasteiger partial charge in [0.15, 0.2) is 0 Å². The van der Waals surface area contributed by atoms with E-state index in [4.69, 9.17) is 0 Å². The van der Waals surface area contributed by atoms with Gasteiger partial charge in [0, 0.05) is 18.1 Å². The summed E-state index contributed by atoms with van der Waals surface area (Å²) in [5.41, 5.74) is 0. The van der Waals surface area contributed by atoms with Crippen LogP contribution in [0, 0.1) is 29.6 Å². The van der Waals surface area contributed by atoms with Gasteiger partial charge in [-0.1, -0.05) is 70.6 Å². The van der Waals surface area contributed by atoms with Gasteiger partial charge in [0.2, 0.25) is 0 Å². The zero-order chi connectivity index (χ0) is 24.6. The monoisotopic (exact) mass is 510 g/mol. The molecule has 5 aliphatic carbocycles. The zero-order valence-electron chi connectivity index (χ0n) is 23.9. The summed E-state index contributed by atoms with van der Waals surface area (Å²) < 4.78 is 0. The van der Waals surface area contributed by atoms with Crippen LogP contribution >= 0.6 is 0 Å². The van der Waals surface area contributed by atoms with Gasteiger partial charge in [-0.05, 0) is 100 Å². The van der Waals surface area contributed by atoms with Gasteiger partial charge in [-0.2, -0.15) is 0 Å². The molecule has 7 fully saturated rings. The highest BCUT2D eigenvalue weighted by Gasteiger charge is 2.52. The van der Waals surface area contributed by atoms with Crippen molar-refractivity contribution in [2.75, 3.05) is 0 Å². The van der Waals surface area contributed by atoms with Crippen molar-refractivity contribution in [2.45, 2.75) is 178 Å². The minimum absolute atomic E-state index is 0.523. The first-order valence-corrected chi connectivity index (χ1v) is 17.4. The summed E-state index contributed by atoms with van der Waals surface area (Å²) in [5, 5.41) is 12.7. The van der Waals surface area contributed by atoms with Crippen LogP contribution in [0.2, 0.25) is 0 Å². The summed E-state index contributed by atoms with van der Waals surface area (Å²) in [6, 6.07) is 2.73. The van der Waals surface area contributed by atoms with E-state index in [1.807, 2.05) is 0 Å². The predicted molar refractivity (Wildman–Crippen MR) is 153 cm³/mol. The Balaban J connectivity index is 1.08. The molecule has 7 rings (SSSR count). The third-order valence-electron chi connectivity index (χ3n) is 12.8. The lowest BCUT2D eigenvalue weighted by Crippen LogP contribution is -2.72. The molecule has 5 saturated carbocycles. The first-order valence-electron chi connectivity index (χ1n) is 17.4. The Morgan fingerprint density at radius 1 is 0.378 bits per heavy atom. The van der Waals surface area contributed by atoms with Crippen molar-refractivity contribution in [3.8, 4) is 0 Å². The molecule has 37 heavy (non-hydrogen) atoms. The summed E-state index contributed by atoms with van der Waals surface area (Å²) >= 11 is 0. The molecule has 0 aromatic heterocycles. The second-order valence-corrected chi connectivity index (χ2v) is 14.8. The van der Waals surface area contributed by atoms with E-state index in [2.05, 4.69) is 20.9 Å². The molecule has 0 spiro atoms. The number of nitrogens with zero attached hydrogens (tertiary/aromatic N) is 1. The van der Waals surface area contributed by atoms with E-state index in [1.54, 1.807) is 12.8 Å². The first-order chi connectivity index (χ1) is 18.3. The molecular weight excluding hydrogens is 452 g/mol. The van der Waals surface area contributed by atoms with Gasteiger partial charge in [-0.3, -0.25) is 20.9 Å². The third kappa shape index (κ3) is 5.32. The van der Waals surface area contributed by atoms with Gasteiger partial charge in [0.25, 0.3) is 0 Å². The van der Waals surface area contributed by atoms with E-state index in [1.165, 1.54) is 128 Å². The maximum atomic E-state index is 4.24. The van der Waals surface area contributed by atoms with Crippen LogP contribution < -0.4 is 16.0 Å². The van der Waals surface area contributed by atoms with Crippen LogP contribution in [0.25, 0.3) is 0 Å². The first kappa shape index (κ1) is 25.8. The molecule has 0 aromatic carbocycles. The Morgan fingerprint density at radius 3 is 1.35 bits per heavy atom. The van der Waals surface area contributed by atoms with Crippen molar-refractivity contribution in [1.82, 2.24) is 20.9 Å². The Labute approximate surface area is 228 Å². The molecule has 7 aliphatic rings. The molecule has 0 bridgehead atoms. The van der Waals surface area contributed by atoms with E-state index in [0.717, 1.165) is 47.7 Å². The van der Waals surface area contributed by atoms with E-state index in [-0.39, 0.29) is 0 Å². The van der Waals surface area contributed by atoms with E-state index >= 15 is 0 Å². The molecule has 3 N–H and O–H groups in total. The van der Waals surface area contributed by atoms with Crippen LogP contribution in [-0.2, 0) is 0 Å². The molecule has 2 heterocycles. The maximum Gasteiger partial charge on any atom is 0.0625 e. The van der Waals surface area contributed by atoms with Gasteiger partial charge in [-0.15, -0.1) is 0 Å². The van der Waals surface area contributed by atoms with Crippen molar-refractivity contribution in [3.05, 3.63) is 0 Å². The summed E-state index contributed by atoms with van der Waals surface area (Å²) in [6.45, 7) is 0. The quantitative estimate of drug-likeness (QED) is 0.385. The van der Waals surface area contributed by atoms with Crippen molar-refractivity contribution in [1.29, 1.82) is 0 Å². The fraction of sp³-hybridized carbons (Fsp3) is 1.00. The highest BCUT2D eigenvalue weighted by molar-refractivity contribution is 5.06. The highest BCUT2D eigenvalue weighted by atomic mass is 15.4. The second-order valence-electron chi connectivity index (χ2n) is 14.8. The normalized spacial score (nSPS) is 46.9. The Kier molecular flexibility index (Phi) is 8.19. The molecule has 2 aliphatic heterocycles. The molecule has 0 aromatic rings. The maximum absolute atomic E-state index is 4.24. The minimum atomic E-state index is 0.523. The van der Waals surface area contributed by atoms with Crippen molar-refractivity contribution in [2.24, 2.45) is 29.6 Å². The smallest absolute Gasteiger partial charge is 0.0625 e. The van der Waals surface area contributed by atoms with Gasteiger partial charge >= 0.3 is 0 Å².